The summed E-state index contributed by atoms with van der Waals surface area (Å²) in [4.78, 5) is 30.2. The molecular formula is C25H18N4O3S2. The molecule has 3 aromatic rings. The van der Waals surface area contributed by atoms with Crippen LogP contribution in [0.2, 0.25) is 0 Å². The summed E-state index contributed by atoms with van der Waals surface area (Å²) in [6.07, 6.45) is 2.23. The first-order valence-corrected chi connectivity index (χ1v) is 12.1. The second-order valence-electron chi connectivity index (χ2n) is 7.59. The van der Waals surface area contributed by atoms with Crippen LogP contribution in [-0.2, 0) is 11.2 Å². The first kappa shape index (κ1) is 22.0. The van der Waals surface area contributed by atoms with Gasteiger partial charge in [0.1, 0.15) is 10.8 Å². The minimum absolute atomic E-state index is 0.0152. The van der Waals surface area contributed by atoms with Crippen molar-refractivity contribution in [1.29, 1.82) is 5.41 Å². The lowest BCUT2D eigenvalue weighted by Crippen LogP contribution is -2.35. The quantitative estimate of drug-likeness (QED) is 0.306. The second-order valence-corrected chi connectivity index (χ2v) is 9.67. The van der Waals surface area contributed by atoms with E-state index in [4.69, 9.17) is 10.1 Å². The highest BCUT2D eigenvalue weighted by molar-refractivity contribution is 8.27. The van der Waals surface area contributed by atoms with Gasteiger partial charge in [-0.1, -0.05) is 35.9 Å². The SMILES string of the molecule is Cc1ccc(C(=O)Oc2ccc(/C=C3/C(=N)N4N=C(Cc5cccs5)SC4=NC3=O)cc2)cc1. The topological polar surface area (TPSA) is 95.2 Å². The van der Waals surface area contributed by atoms with Crippen LogP contribution in [0.25, 0.3) is 6.08 Å². The number of amides is 1. The number of thioether (sulfide) groups is 1. The van der Waals surface area contributed by atoms with E-state index in [1.807, 2.05) is 36.6 Å². The van der Waals surface area contributed by atoms with E-state index < -0.39 is 11.9 Å². The van der Waals surface area contributed by atoms with Crippen molar-refractivity contribution in [2.75, 3.05) is 0 Å². The van der Waals surface area contributed by atoms with E-state index in [0.717, 1.165) is 15.5 Å². The maximum absolute atomic E-state index is 12.6. The van der Waals surface area contributed by atoms with Gasteiger partial charge in [-0.05, 0) is 66.0 Å². The highest BCUT2D eigenvalue weighted by atomic mass is 32.2. The molecule has 2 aliphatic rings. The summed E-state index contributed by atoms with van der Waals surface area (Å²) in [7, 11) is 0. The van der Waals surface area contributed by atoms with Crippen LogP contribution < -0.4 is 4.74 Å². The smallest absolute Gasteiger partial charge is 0.343 e. The summed E-state index contributed by atoms with van der Waals surface area (Å²) in [5, 5.41) is 17.6. The summed E-state index contributed by atoms with van der Waals surface area (Å²) in [6, 6.07) is 17.9. The number of hydrogen-bond donors (Lipinski definition) is 1. The fourth-order valence-corrected chi connectivity index (χ4v) is 5.03. The lowest BCUT2D eigenvalue weighted by atomic mass is 10.1. The minimum atomic E-state index is -0.480. The maximum Gasteiger partial charge on any atom is 0.343 e. The number of thiophene rings is 1. The molecule has 0 saturated heterocycles. The van der Waals surface area contributed by atoms with E-state index >= 15 is 0 Å². The summed E-state index contributed by atoms with van der Waals surface area (Å²) < 4.78 is 5.42. The first-order chi connectivity index (χ1) is 16.5. The largest absolute Gasteiger partial charge is 0.423 e. The maximum atomic E-state index is 12.6. The van der Waals surface area contributed by atoms with Gasteiger partial charge >= 0.3 is 5.97 Å². The van der Waals surface area contributed by atoms with Gasteiger partial charge in [0.2, 0.25) is 5.17 Å². The summed E-state index contributed by atoms with van der Waals surface area (Å²) in [5.74, 6) is -0.554. The van der Waals surface area contributed by atoms with Crippen LogP contribution in [0.5, 0.6) is 5.75 Å². The van der Waals surface area contributed by atoms with Gasteiger partial charge in [0.25, 0.3) is 5.91 Å². The number of aliphatic imine (C=N–C) groups is 1. The molecule has 2 aliphatic heterocycles. The van der Waals surface area contributed by atoms with Crippen molar-refractivity contribution in [2.45, 2.75) is 13.3 Å². The molecule has 34 heavy (non-hydrogen) atoms. The minimum Gasteiger partial charge on any atom is -0.423 e. The normalized spacial score (nSPS) is 16.4. The molecule has 0 atom stereocenters. The molecular weight excluding hydrogens is 468 g/mol. The fourth-order valence-electron chi connectivity index (χ4n) is 3.32. The van der Waals surface area contributed by atoms with Gasteiger partial charge in [0, 0.05) is 11.3 Å². The Bertz CT molecular complexity index is 1370. The van der Waals surface area contributed by atoms with Crippen LogP contribution >= 0.6 is 23.1 Å². The number of hydrogen-bond acceptors (Lipinski definition) is 7. The van der Waals surface area contributed by atoms with E-state index in [-0.39, 0.29) is 11.4 Å². The summed E-state index contributed by atoms with van der Waals surface area (Å²) >= 11 is 2.95. The van der Waals surface area contributed by atoms with Crippen molar-refractivity contribution in [3.8, 4) is 5.75 Å². The number of nitrogens with zero attached hydrogens (tertiary/aromatic N) is 3. The van der Waals surface area contributed by atoms with Gasteiger partial charge in [0.15, 0.2) is 5.84 Å². The Balaban J connectivity index is 1.30. The van der Waals surface area contributed by atoms with Crippen molar-refractivity contribution >= 4 is 57.1 Å². The fraction of sp³-hybridized carbons (Fsp3) is 0.0800. The molecule has 0 aliphatic carbocycles. The number of fused-ring (bicyclic) bond motifs is 1. The molecule has 9 heteroatoms. The second kappa shape index (κ2) is 9.20. The molecule has 0 radical (unpaired) electrons. The van der Waals surface area contributed by atoms with Crippen molar-refractivity contribution in [3.05, 3.63) is 93.2 Å². The van der Waals surface area contributed by atoms with E-state index in [9.17, 15) is 9.59 Å². The highest BCUT2D eigenvalue weighted by Gasteiger charge is 2.35. The molecule has 1 aromatic heterocycles. The Morgan fingerprint density at radius 1 is 1.12 bits per heavy atom. The van der Waals surface area contributed by atoms with Crippen LogP contribution in [0.3, 0.4) is 0 Å². The van der Waals surface area contributed by atoms with Gasteiger partial charge < -0.3 is 4.74 Å². The number of benzene rings is 2. The lowest BCUT2D eigenvalue weighted by molar-refractivity contribution is -0.114. The number of ether oxygens (including phenoxy) is 1. The third kappa shape index (κ3) is 4.61. The molecule has 168 valence electrons. The molecule has 0 saturated carbocycles. The van der Waals surface area contributed by atoms with E-state index in [1.165, 1.54) is 16.8 Å². The summed E-state index contributed by atoms with van der Waals surface area (Å²) in [5.41, 5.74) is 2.35. The molecule has 1 amide bonds. The predicted molar refractivity (Wildman–Crippen MR) is 136 cm³/mol. The standard InChI is InChI=1S/C25H18N4O3S2/c1-15-4-8-17(9-5-15)24(31)32-18-10-6-16(7-11-18)13-20-22(26)29-25(27-23(20)30)34-21(28-29)14-19-3-2-12-33-19/h2-13,26H,14H2,1H3/b20-13-,26-22?. The van der Waals surface area contributed by atoms with E-state index in [0.29, 0.717) is 28.5 Å². The summed E-state index contributed by atoms with van der Waals surface area (Å²) in [6.45, 7) is 1.95. The van der Waals surface area contributed by atoms with Crippen LogP contribution in [0, 0.1) is 12.3 Å². The molecule has 7 nitrogen and oxygen atoms in total. The van der Waals surface area contributed by atoms with Crippen molar-refractivity contribution < 1.29 is 14.3 Å². The number of aryl methyl sites for hydroxylation is 1. The van der Waals surface area contributed by atoms with Crippen molar-refractivity contribution in [1.82, 2.24) is 5.01 Å². The molecule has 1 N–H and O–H groups in total. The Morgan fingerprint density at radius 3 is 2.59 bits per heavy atom. The average molecular weight is 487 g/mol. The van der Waals surface area contributed by atoms with Gasteiger partial charge in [0.05, 0.1) is 11.1 Å². The van der Waals surface area contributed by atoms with Crippen LogP contribution in [0.4, 0.5) is 0 Å². The van der Waals surface area contributed by atoms with Gasteiger partial charge in [-0.25, -0.2) is 4.79 Å². The monoisotopic (exact) mass is 486 g/mol. The first-order valence-electron chi connectivity index (χ1n) is 10.4. The zero-order valence-corrected chi connectivity index (χ0v) is 19.7. The Hall–Kier alpha value is -3.82. The number of nitrogens with one attached hydrogen (secondary N) is 1. The molecule has 3 heterocycles. The van der Waals surface area contributed by atoms with Gasteiger partial charge in [-0.3, -0.25) is 10.2 Å². The third-order valence-corrected chi connectivity index (χ3v) is 6.88. The van der Waals surface area contributed by atoms with Gasteiger partial charge in [-0.2, -0.15) is 15.1 Å². The van der Waals surface area contributed by atoms with E-state index in [1.54, 1.807) is 53.8 Å². The van der Waals surface area contributed by atoms with Crippen LogP contribution in [0.15, 0.2) is 81.7 Å². The zero-order valence-electron chi connectivity index (χ0n) is 18.0. The van der Waals surface area contributed by atoms with Crippen LogP contribution in [-0.4, -0.2) is 32.9 Å². The molecule has 5 rings (SSSR count). The number of rotatable bonds is 5. The Labute approximate surface area is 204 Å². The van der Waals surface area contributed by atoms with Crippen LogP contribution in [0.1, 0.15) is 26.4 Å². The number of amidine groups is 2. The number of hydrazone groups is 1. The zero-order chi connectivity index (χ0) is 23.7. The molecule has 0 unspecified atom stereocenters. The Morgan fingerprint density at radius 2 is 1.88 bits per heavy atom. The van der Waals surface area contributed by atoms with Crippen molar-refractivity contribution in [3.63, 3.8) is 0 Å². The van der Waals surface area contributed by atoms with Crippen molar-refractivity contribution in [2.24, 2.45) is 10.1 Å². The molecule has 2 aromatic carbocycles. The molecule has 0 fully saturated rings. The third-order valence-electron chi connectivity index (χ3n) is 5.09. The number of carbonyl (C=O) groups is 2. The number of carbonyl (C=O) groups excluding carboxylic acids is 2. The predicted octanol–water partition coefficient (Wildman–Crippen LogP) is 5.14. The van der Waals surface area contributed by atoms with E-state index in [2.05, 4.69) is 10.1 Å². The Kier molecular flexibility index (Phi) is 5.95. The van der Waals surface area contributed by atoms with Gasteiger partial charge in [-0.15, -0.1) is 11.3 Å². The lowest BCUT2D eigenvalue weighted by Gasteiger charge is -2.20. The highest BCUT2D eigenvalue weighted by Crippen LogP contribution is 2.30. The number of esters is 1. The molecule has 0 bridgehead atoms. The average Bonchev–Trinajstić information content (AvgIpc) is 3.48. The molecule has 0 spiro atoms.